The SMILES string of the molecule is Cc1ccc(OCNC(=O)NCCc2ccc(Cl)cc2)cc1. The molecule has 0 heterocycles. The highest BCUT2D eigenvalue weighted by Gasteiger charge is 2.00. The van der Waals surface area contributed by atoms with Gasteiger partial charge in [-0.05, 0) is 43.2 Å². The maximum absolute atomic E-state index is 11.6. The molecule has 0 radical (unpaired) electrons. The van der Waals surface area contributed by atoms with E-state index in [1.165, 1.54) is 5.56 Å². The van der Waals surface area contributed by atoms with Crippen LogP contribution >= 0.6 is 11.6 Å². The number of nitrogens with one attached hydrogen (secondary N) is 2. The molecule has 22 heavy (non-hydrogen) atoms. The number of aryl methyl sites for hydroxylation is 1. The van der Waals surface area contributed by atoms with E-state index in [0.29, 0.717) is 11.6 Å². The largest absolute Gasteiger partial charge is 0.473 e. The van der Waals surface area contributed by atoms with Crippen LogP contribution in [0.4, 0.5) is 4.79 Å². The molecule has 0 unspecified atom stereocenters. The minimum atomic E-state index is -0.249. The summed E-state index contributed by atoms with van der Waals surface area (Å²) < 4.78 is 5.42. The third-order valence-electron chi connectivity index (χ3n) is 3.11. The molecular weight excluding hydrogens is 300 g/mol. The molecule has 2 amide bonds. The molecule has 2 N–H and O–H groups in total. The summed E-state index contributed by atoms with van der Waals surface area (Å²) in [6.07, 6.45) is 0.753. The molecule has 0 aliphatic carbocycles. The molecule has 0 spiro atoms. The van der Waals surface area contributed by atoms with Gasteiger partial charge in [-0.15, -0.1) is 0 Å². The molecule has 0 aliphatic heterocycles. The molecule has 2 rings (SSSR count). The van der Waals surface area contributed by atoms with Gasteiger partial charge in [0, 0.05) is 11.6 Å². The predicted octanol–water partition coefficient (Wildman–Crippen LogP) is 3.53. The average molecular weight is 319 g/mol. The fourth-order valence-electron chi connectivity index (χ4n) is 1.85. The van der Waals surface area contributed by atoms with Crippen LogP contribution < -0.4 is 15.4 Å². The van der Waals surface area contributed by atoms with Crippen molar-refractivity contribution >= 4 is 17.6 Å². The van der Waals surface area contributed by atoms with Crippen LogP contribution in [0.2, 0.25) is 5.02 Å². The first-order valence-electron chi connectivity index (χ1n) is 7.09. The number of amides is 2. The summed E-state index contributed by atoms with van der Waals surface area (Å²) in [4.78, 5) is 11.6. The lowest BCUT2D eigenvalue weighted by molar-refractivity contribution is 0.224. The molecule has 0 fully saturated rings. The number of halogens is 1. The van der Waals surface area contributed by atoms with Crippen LogP contribution in [-0.4, -0.2) is 19.3 Å². The van der Waals surface area contributed by atoms with Crippen molar-refractivity contribution in [3.05, 3.63) is 64.7 Å². The summed E-state index contributed by atoms with van der Waals surface area (Å²) in [7, 11) is 0. The van der Waals surface area contributed by atoms with Gasteiger partial charge in [-0.25, -0.2) is 4.79 Å². The minimum absolute atomic E-state index is 0.135. The third kappa shape index (κ3) is 5.66. The quantitative estimate of drug-likeness (QED) is 0.801. The van der Waals surface area contributed by atoms with E-state index in [4.69, 9.17) is 16.3 Å². The first kappa shape index (κ1) is 16.2. The van der Waals surface area contributed by atoms with E-state index in [-0.39, 0.29) is 12.8 Å². The predicted molar refractivity (Wildman–Crippen MR) is 88.4 cm³/mol. The Morgan fingerprint density at radius 1 is 1.05 bits per heavy atom. The average Bonchev–Trinajstić information content (AvgIpc) is 2.51. The molecule has 2 aromatic carbocycles. The van der Waals surface area contributed by atoms with Gasteiger partial charge in [-0.2, -0.15) is 0 Å². The van der Waals surface area contributed by atoms with Crippen LogP contribution in [0.25, 0.3) is 0 Å². The number of carbonyl (C=O) groups excluding carboxylic acids is 1. The summed E-state index contributed by atoms with van der Waals surface area (Å²) in [6, 6.07) is 15.0. The first-order chi connectivity index (χ1) is 10.6. The minimum Gasteiger partial charge on any atom is -0.473 e. The summed E-state index contributed by atoms with van der Waals surface area (Å²) in [5.41, 5.74) is 2.29. The van der Waals surface area contributed by atoms with Gasteiger partial charge < -0.3 is 15.4 Å². The fraction of sp³-hybridized carbons (Fsp3) is 0.235. The fourth-order valence-corrected chi connectivity index (χ4v) is 1.98. The van der Waals surface area contributed by atoms with E-state index in [1.807, 2.05) is 55.5 Å². The van der Waals surface area contributed by atoms with Crippen LogP contribution in [-0.2, 0) is 6.42 Å². The van der Waals surface area contributed by atoms with Crippen LogP contribution in [0.5, 0.6) is 5.75 Å². The molecule has 0 saturated carbocycles. The van der Waals surface area contributed by atoms with Gasteiger partial charge in [0.25, 0.3) is 0 Å². The number of hydrogen-bond acceptors (Lipinski definition) is 2. The number of ether oxygens (including phenoxy) is 1. The standard InChI is InChI=1S/C17H19ClN2O2/c1-13-2-8-16(9-3-13)22-12-20-17(21)19-11-10-14-4-6-15(18)7-5-14/h2-9H,10-12H2,1H3,(H2,19,20,21). The third-order valence-corrected chi connectivity index (χ3v) is 3.36. The van der Waals surface area contributed by atoms with Gasteiger partial charge in [0.2, 0.25) is 0 Å². The number of urea groups is 1. The Morgan fingerprint density at radius 3 is 2.41 bits per heavy atom. The lowest BCUT2D eigenvalue weighted by Crippen LogP contribution is -2.38. The van der Waals surface area contributed by atoms with E-state index >= 15 is 0 Å². The normalized spacial score (nSPS) is 10.1. The summed E-state index contributed by atoms with van der Waals surface area (Å²) in [5.74, 6) is 0.729. The number of benzene rings is 2. The number of hydrogen-bond donors (Lipinski definition) is 2. The van der Waals surface area contributed by atoms with E-state index in [9.17, 15) is 4.79 Å². The Kier molecular flexibility index (Phi) is 6.10. The highest BCUT2D eigenvalue weighted by molar-refractivity contribution is 6.30. The van der Waals surface area contributed by atoms with Crippen molar-refractivity contribution in [2.45, 2.75) is 13.3 Å². The molecule has 0 saturated heterocycles. The molecule has 0 aromatic heterocycles. The zero-order valence-electron chi connectivity index (χ0n) is 12.4. The Bertz CT molecular complexity index is 544. The summed E-state index contributed by atoms with van der Waals surface area (Å²) in [6.45, 7) is 2.70. The van der Waals surface area contributed by atoms with Gasteiger partial charge >= 0.3 is 6.03 Å². The van der Waals surface area contributed by atoms with Crippen molar-refractivity contribution in [3.8, 4) is 5.75 Å². The second-order valence-electron chi connectivity index (χ2n) is 4.91. The Hall–Kier alpha value is -2.20. The number of rotatable bonds is 6. The molecule has 4 nitrogen and oxygen atoms in total. The van der Waals surface area contributed by atoms with Crippen molar-refractivity contribution in [2.75, 3.05) is 13.3 Å². The second kappa shape index (κ2) is 8.29. The maximum atomic E-state index is 11.6. The van der Waals surface area contributed by atoms with Crippen LogP contribution in [0, 0.1) is 6.92 Å². The van der Waals surface area contributed by atoms with Crippen molar-refractivity contribution in [3.63, 3.8) is 0 Å². The summed E-state index contributed by atoms with van der Waals surface area (Å²) >= 11 is 5.82. The Balaban J connectivity index is 1.61. The van der Waals surface area contributed by atoms with Gasteiger partial charge in [-0.1, -0.05) is 41.4 Å². The van der Waals surface area contributed by atoms with Gasteiger partial charge in [0.05, 0.1) is 0 Å². The zero-order chi connectivity index (χ0) is 15.8. The summed E-state index contributed by atoms with van der Waals surface area (Å²) in [5, 5.41) is 6.14. The van der Waals surface area contributed by atoms with Crippen molar-refractivity contribution in [1.82, 2.24) is 10.6 Å². The number of carbonyl (C=O) groups is 1. The zero-order valence-corrected chi connectivity index (χ0v) is 13.2. The monoisotopic (exact) mass is 318 g/mol. The Morgan fingerprint density at radius 2 is 1.73 bits per heavy atom. The van der Waals surface area contributed by atoms with Crippen LogP contribution in [0.3, 0.4) is 0 Å². The van der Waals surface area contributed by atoms with Crippen molar-refractivity contribution in [1.29, 1.82) is 0 Å². The van der Waals surface area contributed by atoms with Crippen LogP contribution in [0.15, 0.2) is 48.5 Å². The maximum Gasteiger partial charge on any atom is 0.317 e. The van der Waals surface area contributed by atoms with E-state index in [2.05, 4.69) is 10.6 Å². The molecule has 5 heteroatoms. The smallest absolute Gasteiger partial charge is 0.317 e. The van der Waals surface area contributed by atoms with Crippen molar-refractivity contribution in [2.24, 2.45) is 0 Å². The van der Waals surface area contributed by atoms with E-state index in [1.54, 1.807) is 0 Å². The van der Waals surface area contributed by atoms with Gasteiger partial charge in [0.15, 0.2) is 6.73 Å². The molecule has 2 aromatic rings. The lowest BCUT2D eigenvalue weighted by Gasteiger charge is -2.09. The van der Waals surface area contributed by atoms with Gasteiger partial charge in [0.1, 0.15) is 5.75 Å². The second-order valence-corrected chi connectivity index (χ2v) is 5.35. The topological polar surface area (TPSA) is 50.4 Å². The van der Waals surface area contributed by atoms with Gasteiger partial charge in [-0.3, -0.25) is 0 Å². The van der Waals surface area contributed by atoms with Crippen LogP contribution in [0.1, 0.15) is 11.1 Å². The highest BCUT2D eigenvalue weighted by atomic mass is 35.5. The molecule has 0 aliphatic rings. The molecular formula is C17H19ClN2O2. The molecule has 116 valence electrons. The molecule has 0 bridgehead atoms. The van der Waals surface area contributed by atoms with E-state index in [0.717, 1.165) is 17.7 Å². The molecule has 0 atom stereocenters. The van der Waals surface area contributed by atoms with Crippen molar-refractivity contribution < 1.29 is 9.53 Å². The first-order valence-corrected chi connectivity index (χ1v) is 7.47. The highest BCUT2D eigenvalue weighted by Crippen LogP contribution is 2.11. The lowest BCUT2D eigenvalue weighted by atomic mass is 10.1. The van der Waals surface area contributed by atoms with E-state index < -0.39 is 0 Å². The Labute approximate surface area is 135 Å².